The number of aryl methyl sites for hydroxylation is 2. The molecule has 0 saturated heterocycles. The van der Waals surface area contributed by atoms with Gasteiger partial charge in [0, 0.05) is 18.1 Å². The molecule has 0 aliphatic carbocycles. The van der Waals surface area contributed by atoms with Crippen LogP contribution in [0, 0.1) is 13.8 Å². The lowest BCUT2D eigenvalue weighted by Crippen LogP contribution is -2.31. The second-order valence-electron chi connectivity index (χ2n) is 7.04. The third-order valence-corrected chi connectivity index (χ3v) is 5.92. The standard InChI is InChI=1S/C22H21N5O2S/c1-14-7-8-16(11-15(14)2)26-10-9-24-22(26)30-13-20-25-18-6-4-3-5-17(18)21(29)27(20)12-19(23)28/h3-11H,12-13H2,1-2H3,(H2,23,28). The molecule has 4 rings (SSSR count). The Labute approximate surface area is 177 Å². The topological polar surface area (TPSA) is 95.8 Å². The van der Waals surface area contributed by atoms with Crippen LogP contribution in [0.2, 0.25) is 0 Å². The molecule has 8 heteroatoms. The predicted molar refractivity (Wildman–Crippen MR) is 118 cm³/mol. The molecule has 4 aromatic rings. The van der Waals surface area contributed by atoms with Crippen molar-refractivity contribution in [1.82, 2.24) is 19.1 Å². The van der Waals surface area contributed by atoms with Gasteiger partial charge in [0.05, 0.1) is 16.7 Å². The van der Waals surface area contributed by atoms with Crippen LogP contribution in [0.1, 0.15) is 17.0 Å². The minimum atomic E-state index is -0.586. The Kier molecular flexibility index (Phi) is 5.41. The fraction of sp³-hybridized carbons (Fsp3) is 0.182. The first-order valence-corrected chi connectivity index (χ1v) is 10.4. The average molecular weight is 420 g/mol. The van der Waals surface area contributed by atoms with Crippen molar-refractivity contribution in [1.29, 1.82) is 0 Å². The molecule has 0 aliphatic heterocycles. The number of nitrogens with zero attached hydrogens (tertiary/aromatic N) is 4. The lowest BCUT2D eigenvalue weighted by molar-refractivity contribution is -0.118. The molecule has 0 radical (unpaired) electrons. The van der Waals surface area contributed by atoms with Crippen LogP contribution in [0.4, 0.5) is 0 Å². The molecule has 0 aliphatic rings. The summed E-state index contributed by atoms with van der Waals surface area (Å²) in [5, 5.41) is 1.23. The molecule has 152 valence electrons. The molecule has 0 fully saturated rings. The number of hydrogen-bond donors (Lipinski definition) is 1. The number of amides is 1. The zero-order chi connectivity index (χ0) is 21.3. The highest BCUT2D eigenvalue weighted by Crippen LogP contribution is 2.25. The van der Waals surface area contributed by atoms with Crippen molar-refractivity contribution in [2.24, 2.45) is 5.73 Å². The van der Waals surface area contributed by atoms with E-state index in [0.29, 0.717) is 22.5 Å². The van der Waals surface area contributed by atoms with Crippen molar-refractivity contribution in [2.75, 3.05) is 0 Å². The lowest BCUT2D eigenvalue weighted by atomic mass is 10.1. The van der Waals surface area contributed by atoms with E-state index in [-0.39, 0.29) is 12.1 Å². The molecule has 1 amide bonds. The van der Waals surface area contributed by atoms with E-state index in [4.69, 9.17) is 5.73 Å². The largest absolute Gasteiger partial charge is 0.368 e. The molecular formula is C22H21N5O2S. The first-order valence-electron chi connectivity index (χ1n) is 9.44. The van der Waals surface area contributed by atoms with Gasteiger partial charge in [-0.15, -0.1) is 0 Å². The highest BCUT2D eigenvalue weighted by atomic mass is 32.2. The third-order valence-electron chi connectivity index (χ3n) is 4.96. The van der Waals surface area contributed by atoms with Crippen molar-refractivity contribution < 1.29 is 4.79 Å². The monoisotopic (exact) mass is 419 g/mol. The Balaban J connectivity index is 1.69. The van der Waals surface area contributed by atoms with Gasteiger partial charge in [-0.1, -0.05) is 30.0 Å². The number of rotatable bonds is 6. The Morgan fingerprint density at radius 1 is 1.13 bits per heavy atom. The zero-order valence-electron chi connectivity index (χ0n) is 16.7. The predicted octanol–water partition coefficient (Wildman–Crippen LogP) is 2.98. The molecule has 2 aromatic heterocycles. The van der Waals surface area contributed by atoms with E-state index >= 15 is 0 Å². The molecular weight excluding hydrogens is 398 g/mol. The summed E-state index contributed by atoms with van der Waals surface area (Å²) in [6.45, 7) is 3.94. The van der Waals surface area contributed by atoms with Crippen molar-refractivity contribution in [3.05, 3.63) is 82.2 Å². The Morgan fingerprint density at radius 2 is 1.93 bits per heavy atom. The van der Waals surface area contributed by atoms with Gasteiger partial charge in [-0.2, -0.15) is 0 Å². The number of imidazole rings is 1. The van der Waals surface area contributed by atoms with Gasteiger partial charge in [-0.3, -0.25) is 18.7 Å². The summed E-state index contributed by atoms with van der Waals surface area (Å²) < 4.78 is 3.34. The number of hydrogen-bond acceptors (Lipinski definition) is 5. The Bertz CT molecular complexity index is 1310. The van der Waals surface area contributed by atoms with E-state index in [9.17, 15) is 9.59 Å². The summed E-state index contributed by atoms with van der Waals surface area (Å²) in [5.41, 5.74) is 9.13. The Morgan fingerprint density at radius 3 is 2.70 bits per heavy atom. The van der Waals surface area contributed by atoms with Gasteiger partial charge in [0.15, 0.2) is 5.16 Å². The summed E-state index contributed by atoms with van der Waals surface area (Å²) in [4.78, 5) is 33.5. The molecule has 0 atom stereocenters. The smallest absolute Gasteiger partial charge is 0.261 e. The van der Waals surface area contributed by atoms with Gasteiger partial charge in [0.2, 0.25) is 5.91 Å². The average Bonchev–Trinajstić information content (AvgIpc) is 3.19. The summed E-state index contributed by atoms with van der Waals surface area (Å²) in [7, 11) is 0. The molecule has 0 saturated carbocycles. The van der Waals surface area contributed by atoms with Crippen LogP contribution < -0.4 is 11.3 Å². The quantitative estimate of drug-likeness (QED) is 0.485. The van der Waals surface area contributed by atoms with Gasteiger partial charge in [0.1, 0.15) is 12.4 Å². The van der Waals surface area contributed by atoms with Crippen molar-refractivity contribution >= 4 is 28.6 Å². The SMILES string of the molecule is Cc1ccc(-n2ccnc2SCc2nc3ccccc3c(=O)n2CC(N)=O)cc1C. The summed E-state index contributed by atoms with van der Waals surface area (Å²) in [6, 6.07) is 13.3. The highest BCUT2D eigenvalue weighted by molar-refractivity contribution is 7.98. The maximum absolute atomic E-state index is 12.9. The Hall–Kier alpha value is -3.39. The van der Waals surface area contributed by atoms with Gasteiger partial charge in [-0.25, -0.2) is 9.97 Å². The van der Waals surface area contributed by atoms with Gasteiger partial charge in [0.25, 0.3) is 5.56 Å². The number of fused-ring (bicyclic) bond motifs is 1. The number of thioether (sulfide) groups is 1. The number of para-hydroxylation sites is 1. The molecule has 0 spiro atoms. The number of carbonyl (C=O) groups excluding carboxylic acids is 1. The van der Waals surface area contributed by atoms with Gasteiger partial charge >= 0.3 is 0 Å². The van der Waals surface area contributed by atoms with Gasteiger partial charge in [-0.05, 0) is 49.2 Å². The fourth-order valence-electron chi connectivity index (χ4n) is 3.24. The highest BCUT2D eigenvalue weighted by Gasteiger charge is 2.15. The molecule has 2 aromatic carbocycles. The fourth-order valence-corrected chi connectivity index (χ4v) is 4.16. The molecule has 7 nitrogen and oxygen atoms in total. The first kappa shape index (κ1) is 19.9. The maximum Gasteiger partial charge on any atom is 0.261 e. The molecule has 0 bridgehead atoms. The van der Waals surface area contributed by atoms with Crippen LogP contribution in [0.15, 0.2) is 64.8 Å². The van der Waals surface area contributed by atoms with E-state index in [1.165, 1.54) is 27.5 Å². The molecule has 30 heavy (non-hydrogen) atoms. The van der Waals surface area contributed by atoms with Crippen LogP contribution in [-0.4, -0.2) is 25.0 Å². The van der Waals surface area contributed by atoms with Crippen LogP contribution >= 0.6 is 11.8 Å². The summed E-state index contributed by atoms with van der Waals surface area (Å²) >= 11 is 1.45. The van der Waals surface area contributed by atoms with Crippen molar-refractivity contribution in [3.63, 3.8) is 0 Å². The number of nitrogens with two attached hydrogens (primary N) is 1. The number of benzene rings is 2. The third kappa shape index (κ3) is 3.86. The molecule has 0 unspecified atom stereocenters. The zero-order valence-corrected chi connectivity index (χ0v) is 17.5. The number of carbonyl (C=O) groups is 1. The minimum Gasteiger partial charge on any atom is -0.368 e. The minimum absolute atomic E-state index is 0.210. The lowest BCUT2D eigenvalue weighted by Gasteiger charge is -2.13. The summed E-state index contributed by atoms with van der Waals surface area (Å²) in [6.07, 6.45) is 3.64. The maximum atomic E-state index is 12.9. The number of primary amides is 1. The van der Waals surface area contributed by atoms with E-state index in [1.54, 1.807) is 24.4 Å². The van der Waals surface area contributed by atoms with E-state index in [2.05, 4.69) is 35.9 Å². The van der Waals surface area contributed by atoms with E-state index < -0.39 is 5.91 Å². The van der Waals surface area contributed by atoms with E-state index in [0.717, 1.165) is 10.8 Å². The van der Waals surface area contributed by atoms with Crippen LogP contribution in [-0.2, 0) is 17.1 Å². The summed E-state index contributed by atoms with van der Waals surface area (Å²) in [5.74, 6) is 0.268. The van der Waals surface area contributed by atoms with Crippen molar-refractivity contribution in [3.8, 4) is 5.69 Å². The second kappa shape index (κ2) is 8.16. The number of aromatic nitrogens is 4. The normalized spacial score (nSPS) is 11.1. The molecule has 2 heterocycles. The second-order valence-corrected chi connectivity index (χ2v) is 7.98. The van der Waals surface area contributed by atoms with Crippen molar-refractivity contribution in [2.45, 2.75) is 31.3 Å². The van der Waals surface area contributed by atoms with E-state index in [1.807, 2.05) is 22.9 Å². The first-order chi connectivity index (χ1) is 14.4. The van der Waals surface area contributed by atoms with Crippen LogP contribution in [0.3, 0.4) is 0 Å². The van der Waals surface area contributed by atoms with Gasteiger partial charge < -0.3 is 5.73 Å². The van der Waals surface area contributed by atoms with Crippen LogP contribution in [0.25, 0.3) is 16.6 Å². The molecule has 2 N–H and O–H groups in total. The van der Waals surface area contributed by atoms with Crippen LogP contribution in [0.5, 0.6) is 0 Å².